The second kappa shape index (κ2) is 12.7. The van der Waals surface area contributed by atoms with Crippen molar-refractivity contribution in [2.24, 2.45) is 19.3 Å². The zero-order valence-corrected chi connectivity index (χ0v) is 19.4. The van der Waals surface area contributed by atoms with Crippen molar-refractivity contribution < 1.29 is 62.3 Å². The first-order valence-electron chi connectivity index (χ1n) is 7.74. The van der Waals surface area contributed by atoms with Gasteiger partial charge in [-0.25, -0.2) is 9.13 Å². The first-order chi connectivity index (χ1) is 11.6. The van der Waals surface area contributed by atoms with Crippen LogP contribution < -0.4 is 57.1 Å². The van der Waals surface area contributed by atoms with Crippen LogP contribution in [0, 0.1) is 6.92 Å². The maximum Gasteiger partial charge on any atom is 0.226 e. The quantitative estimate of drug-likeness (QED) is 0.113. The molecule has 1 aromatic carbocycles. The molecule has 0 amide bonds. The number of halogens is 2. The van der Waals surface area contributed by atoms with Gasteiger partial charge in [0.1, 0.15) is 20.3 Å². The van der Waals surface area contributed by atoms with Gasteiger partial charge in [0.2, 0.25) is 5.69 Å². The number of aryl methyl sites for hydroxylation is 3. The maximum absolute atomic E-state index is 8.20. The molecule has 26 heavy (non-hydrogen) atoms. The maximum atomic E-state index is 8.20. The molecule has 138 valence electrons. The molecule has 3 rings (SSSR count). The second-order valence-electron chi connectivity index (χ2n) is 5.61. The van der Waals surface area contributed by atoms with Gasteiger partial charge in [0.05, 0.1) is 0 Å². The topological polar surface area (TPSA) is 40.4 Å². The summed E-state index contributed by atoms with van der Waals surface area (Å²) < 4.78 is 3.93. The fourth-order valence-electron chi connectivity index (χ4n) is 2.23. The standard InChI is InChI=1S/C13H14N.C7H8N2O.2HI/c1-11-5-7-12(8-6-11)13-4-3-9-14(2)10-13;1-9-5-3-2-4-7(9)6-8-10;;/h3-10H,1-2H3;2-6H,1H3;2*1H/q+1;;;/p-1. The highest BCUT2D eigenvalue weighted by Crippen LogP contribution is 2.17. The van der Waals surface area contributed by atoms with E-state index in [4.69, 9.17) is 5.21 Å². The summed E-state index contributed by atoms with van der Waals surface area (Å²) in [6.07, 6.45) is 7.44. The molecule has 0 saturated heterocycles. The van der Waals surface area contributed by atoms with Crippen LogP contribution >= 0.6 is 0 Å². The van der Waals surface area contributed by atoms with Gasteiger partial charge in [-0.1, -0.05) is 35.0 Å². The fourth-order valence-corrected chi connectivity index (χ4v) is 2.23. The van der Waals surface area contributed by atoms with E-state index in [9.17, 15) is 0 Å². The zero-order chi connectivity index (χ0) is 17.4. The summed E-state index contributed by atoms with van der Waals surface area (Å²) in [7, 11) is 3.93. The Morgan fingerprint density at radius 1 is 0.846 bits per heavy atom. The summed E-state index contributed by atoms with van der Waals surface area (Å²) in [6, 6.07) is 18.4. The Kier molecular flexibility index (Phi) is 12.0. The minimum atomic E-state index is 0. The number of benzene rings is 1. The molecule has 0 unspecified atom stereocenters. The Hall–Kier alpha value is -1.55. The SMILES string of the molecule is C[n+]1ccccc1C=NO.Cc1ccc(-c2ccc[n+](C)c2)cc1.[I-].[I-]. The lowest BCUT2D eigenvalue weighted by Crippen LogP contribution is -3.00. The lowest BCUT2D eigenvalue weighted by molar-refractivity contribution is -0.672. The summed E-state index contributed by atoms with van der Waals surface area (Å²) in [4.78, 5) is 0. The Labute approximate surface area is 189 Å². The molecule has 4 nitrogen and oxygen atoms in total. The monoisotopic (exact) mass is 575 g/mol. The van der Waals surface area contributed by atoms with E-state index < -0.39 is 0 Å². The van der Waals surface area contributed by atoms with Crippen LogP contribution in [0.5, 0.6) is 0 Å². The van der Waals surface area contributed by atoms with E-state index in [0.29, 0.717) is 0 Å². The molecule has 0 fully saturated rings. The van der Waals surface area contributed by atoms with Crippen LogP contribution in [0.4, 0.5) is 0 Å². The summed E-state index contributed by atoms with van der Waals surface area (Å²) in [5.41, 5.74) is 4.70. The van der Waals surface area contributed by atoms with Crippen molar-refractivity contribution in [3.63, 3.8) is 0 Å². The Balaban J connectivity index is 0.000000469. The van der Waals surface area contributed by atoms with Crippen LogP contribution in [0.3, 0.4) is 0 Å². The molecule has 2 heterocycles. The summed E-state index contributed by atoms with van der Waals surface area (Å²) in [5.74, 6) is 0. The van der Waals surface area contributed by atoms with Crippen molar-refractivity contribution in [2.45, 2.75) is 6.92 Å². The molecule has 2 aromatic heterocycles. The van der Waals surface area contributed by atoms with Gasteiger partial charge in [-0.05, 0) is 24.6 Å². The lowest BCUT2D eigenvalue weighted by atomic mass is 10.1. The van der Waals surface area contributed by atoms with Crippen molar-refractivity contribution in [2.75, 3.05) is 0 Å². The highest BCUT2D eigenvalue weighted by Gasteiger charge is 2.00. The molecule has 6 heteroatoms. The van der Waals surface area contributed by atoms with Crippen LogP contribution in [-0.2, 0) is 14.1 Å². The molecule has 0 radical (unpaired) electrons. The molecule has 0 aliphatic carbocycles. The number of hydrogen-bond acceptors (Lipinski definition) is 2. The first-order valence-corrected chi connectivity index (χ1v) is 7.74. The molecule has 1 N–H and O–H groups in total. The average Bonchev–Trinajstić information content (AvgIpc) is 2.58. The normalized spacial score (nSPS) is 9.50. The molecule has 0 saturated carbocycles. The third-order valence-corrected chi connectivity index (χ3v) is 3.61. The van der Waals surface area contributed by atoms with E-state index >= 15 is 0 Å². The number of nitrogens with zero attached hydrogens (tertiary/aromatic N) is 3. The van der Waals surface area contributed by atoms with E-state index in [1.165, 1.54) is 22.9 Å². The third kappa shape index (κ3) is 7.77. The van der Waals surface area contributed by atoms with Crippen molar-refractivity contribution in [1.82, 2.24) is 0 Å². The number of pyridine rings is 2. The molecular weight excluding hydrogens is 552 g/mol. The van der Waals surface area contributed by atoms with Gasteiger partial charge in [-0.2, -0.15) is 0 Å². The van der Waals surface area contributed by atoms with Gasteiger partial charge in [0.15, 0.2) is 18.6 Å². The third-order valence-electron chi connectivity index (χ3n) is 3.61. The molecule has 0 spiro atoms. The number of aromatic nitrogens is 2. The van der Waals surface area contributed by atoms with Gasteiger partial charge in [-0.3, -0.25) is 0 Å². The fraction of sp³-hybridized carbons (Fsp3) is 0.150. The lowest BCUT2D eigenvalue weighted by Gasteiger charge is -1.99. The molecule has 0 bridgehead atoms. The van der Waals surface area contributed by atoms with E-state index in [-0.39, 0.29) is 48.0 Å². The highest BCUT2D eigenvalue weighted by molar-refractivity contribution is 5.74. The highest BCUT2D eigenvalue weighted by atomic mass is 127. The zero-order valence-electron chi connectivity index (χ0n) is 15.1. The smallest absolute Gasteiger partial charge is 0.226 e. The van der Waals surface area contributed by atoms with E-state index in [1.54, 1.807) is 0 Å². The van der Waals surface area contributed by atoms with Crippen molar-refractivity contribution in [3.8, 4) is 11.1 Å². The summed E-state index contributed by atoms with van der Waals surface area (Å²) in [6.45, 7) is 2.11. The number of rotatable bonds is 2. The van der Waals surface area contributed by atoms with E-state index in [2.05, 4.69) is 59.2 Å². The summed E-state index contributed by atoms with van der Waals surface area (Å²) in [5, 5.41) is 11.1. The van der Waals surface area contributed by atoms with Gasteiger partial charge in [0, 0.05) is 23.8 Å². The Bertz CT molecular complexity index is 821. The minimum absolute atomic E-state index is 0. The van der Waals surface area contributed by atoms with E-state index in [1.807, 2.05) is 49.3 Å². The minimum Gasteiger partial charge on any atom is -1.00 e. The Morgan fingerprint density at radius 3 is 2.12 bits per heavy atom. The van der Waals surface area contributed by atoms with Crippen LogP contribution in [-0.4, -0.2) is 11.4 Å². The molecule has 0 aliphatic heterocycles. The molecule has 0 aliphatic rings. The molecule has 0 atom stereocenters. The van der Waals surface area contributed by atoms with Gasteiger partial charge in [0.25, 0.3) is 0 Å². The first kappa shape index (κ1) is 24.5. The predicted molar refractivity (Wildman–Crippen MR) is 94.8 cm³/mol. The van der Waals surface area contributed by atoms with Gasteiger partial charge in [-0.15, -0.1) is 0 Å². The second-order valence-corrected chi connectivity index (χ2v) is 5.61. The largest absolute Gasteiger partial charge is 1.00 e. The van der Waals surface area contributed by atoms with Gasteiger partial charge < -0.3 is 53.2 Å². The van der Waals surface area contributed by atoms with E-state index in [0.717, 1.165) is 5.69 Å². The summed E-state index contributed by atoms with van der Waals surface area (Å²) >= 11 is 0. The molecular formula is C20H23I2N3O. The van der Waals surface area contributed by atoms with Crippen LogP contribution in [0.1, 0.15) is 11.3 Å². The predicted octanol–water partition coefficient (Wildman–Crippen LogP) is -3.19. The number of oxime groups is 1. The van der Waals surface area contributed by atoms with Crippen LogP contribution in [0.15, 0.2) is 78.3 Å². The Morgan fingerprint density at radius 2 is 1.54 bits per heavy atom. The average molecular weight is 575 g/mol. The van der Waals surface area contributed by atoms with Crippen molar-refractivity contribution in [1.29, 1.82) is 0 Å². The van der Waals surface area contributed by atoms with Gasteiger partial charge >= 0.3 is 0 Å². The van der Waals surface area contributed by atoms with Crippen LogP contribution in [0.2, 0.25) is 0 Å². The molecule has 3 aromatic rings. The number of hydrogen-bond donors (Lipinski definition) is 1. The van der Waals surface area contributed by atoms with Crippen molar-refractivity contribution >= 4 is 6.21 Å². The van der Waals surface area contributed by atoms with Crippen molar-refractivity contribution in [3.05, 3.63) is 84.4 Å². The van der Waals surface area contributed by atoms with Crippen LogP contribution in [0.25, 0.3) is 11.1 Å².